The Morgan fingerprint density at radius 2 is 1.97 bits per heavy atom. The van der Waals surface area contributed by atoms with Crippen molar-refractivity contribution in [1.29, 1.82) is 0 Å². The molecule has 2 aliphatic rings. The second kappa shape index (κ2) is 8.78. The summed E-state index contributed by atoms with van der Waals surface area (Å²) < 4.78 is 17.7. The number of anilines is 1. The van der Waals surface area contributed by atoms with Crippen LogP contribution in [0, 0.1) is 0 Å². The molecule has 6 nitrogen and oxygen atoms in total. The average Bonchev–Trinajstić information content (AvgIpc) is 2.76. The molecule has 0 fully saturated rings. The Labute approximate surface area is 199 Å². The third kappa shape index (κ3) is 4.19. The molecule has 0 radical (unpaired) electrons. The Balaban J connectivity index is 1.93. The van der Waals surface area contributed by atoms with Gasteiger partial charge < -0.3 is 29.4 Å². The summed E-state index contributed by atoms with van der Waals surface area (Å²) in [6.07, 6.45) is 6.69. The first-order valence-corrected chi connectivity index (χ1v) is 11.1. The molecule has 2 aromatic carbocycles. The van der Waals surface area contributed by atoms with Gasteiger partial charge in [-0.1, -0.05) is 18.7 Å². The molecule has 34 heavy (non-hydrogen) atoms. The SMILES string of the molecule is C=C(/C=C1\Oc2ccc(O)c(OC)c2-c2ccc3c(c21)C(C)=CC(C)(C)N3)O/C(C)=C\CC=O. The van der Waals surface area contributed by atoms with Crippen LogP contribution < -0.4 is 14.8 Å². The number of carbonyl (C=O) groups is 1. The van der Waals surface area contributed by atoms with Crippen molar-refractivity contribution in [2.45, 2.75) is 39.7 Å². The number of methoxy groups -OCH3 is 1. The van der Waals surface area contributed by atoms with E-state index >= 15 is 0 Å². The molecule has 4 rings (SSSR count). The number of rotatable bonds is 6. The second-order valence-corrected chi connectivity index (χ2v) is 8.97. The first-order chi connectivity index (χ1) is 16.1. The molecular weight excluding hydrogens is 430 g/mol. The fourth-order valence-electron chi connectivity index (χ4n) is 4.59. The van der Waals surface area contributed by atoms with Crippen molar-refractivity contribution in [3.63, 3.8) is 0 Å². The van der Waals surface area contributed by atoms with Gasteiger partial charge in [-0.05, 0) is 57.5 Å². The lowest BCUT2D eigenvalue weighted by Crippen LogP contribution is -2.32. The van der Waals surface area contributed by atoms with Gasteiger partial charge in [-0.25, -0.2) is 0 Å². The Kier molecular flexibility index (Phi) is 6.00. The van der Waals surface area contributed by atoms with Crippen LogP contribution in [0.25, 0.3) is 22.5 Å². The number of hydrogen-bond donors (Lipinski definition) is 2. The van der Waals surface area contributed by atoms with Crippen LogP contribution in [0.1, 0.15) is 45.2 Å². The molecule has 0 spiro atoms. The topological polar surface area (TPSA) is 77.0 Å². The van der Waals surface area contributed by atoms with Crippen LogP contribution in [-0.4, -0.2) is 24.0 Å². The van der Waals surface area contributed by atoms with E-state index in [0.29, 0.717) is 34.3 Å². The summed E-state index contributed by atoms with van der Waals surface area (Å²) in [6.45, 7) is 12.1. The summed E-state index contributed by atoms with van der Waals surface area (Å²) in [5.74, 6) is 2.46. The van der Waals surface area contributed by atoms with E-state index in [0.717, 1.165) is 34.2 Å². The molecule has 2 heterocycles. The first kappa shape index (κ1) is 23.2. The van der Waals surface area contributed by atoms with Crippen molar-refractivity contribution in [3.8, 4) is 28.4 Å². The van der Waals surface area contributed by atoms with E-state index in [1.807, 2.05) is 12.1 Å². The van der Waals surface area contributed by atoms with Gasteiger partial charge in [-0.2, -0.15) is 0 Å². The van der Waals surface area contributed by atoms with Crippen molar-refractivity contribution in [2.75, 3.05) is 12.4 Å². The first-order valence-electron chi connectivity index (χ1n) is 11.1. The Hall–Kier alpha value is -3.93. The number of ether oxygens (including phenoxy) is 3. The fraction of sp³-hybridized carbons (Fsp3) is 0.250. The maximum absolute atomic E-state index is 10.7. The Morgan fingerprint density at radius 1 is 1.21 bits per heavy atom. The van der Waals surface area contributed by atoms with Gasteiger partial charge in [-0.3, -0.25) is 0 Å². The predicted molar refractivity (Wildman–Crippen MR) is 135 cm³/mol. The number of fused-ring (bicyclic) bond motifs is 5. The minimum atomic E-state index is -0.203. The number of allylic oxidation sites excluding steroid dienone is 4. The standard InChI is InChI=1S/C28H29NO5/c1-16-15-28(4,5)29-20-10-9-19-25(24(16)20)23(14-18(3)33-17(2)8-7-13-30)34-22-12-11-21(31)27(32-6)26(19)22/h8-15,29,31H,3,7H2,1-2,4-6H3/b17-8-,23-14-. The summed E-state index contributed by atoms with van der Waals surface area (Å²) in [7, 11) is 1.53. The van der Waals surface area contributed by atoms with Crippen molar-refractivity contribution in [2.24, 2.45) is 0 Å². The lowest BCUT2D eigenvalue weighted by atomic mass is 9.83. The number of aromatic hydroxyl groups is 1. The van der Waals surface area contributed by atoms with Gasteiger partial charge in [0.05, 0.1) is 24.0 Å². The molecule has 2 aromatic rings. The summed E-state index contributed by atoms with van der Waals surface area (Å²) in [6, 6.07) is 7.31. The normalized spacial score (nSPS) is 16.8. The third-order valence-corrected chi connectivity index (χ3v) is 5.76. The number of nitrogens with one attached hydrogen (secondary N) is 1. The van der Waals surface area contributed by atoms with Crippen molar-refractivity contribution >= 4 is 23.3 Å². The molecule has 0 amide bonds. The van der Waals surface area contributed by atoms with Gasteiger partial charge in [0.15, 0.2) is 11.5 Å². The van der Waals surface area contributed by atoms with Gasteiger partial charge in [0, 0.05) is 34.9 Å². The van der Waals surface area contributed by atoms with E-state index in [9.17, 15) is 9.90 Å². The monoisotopic (exact) mass is 459 g/mol. The predicted octanol–water partition coefficient (Wildman–Crippen LogP) is 6.43. The van der Waals surface area contributed by atoms with E-state index in [1.54, 1.807) is 31.2 Å². The zero-order chi connectivity index (χ0) is 24.6. The second-order valence-electron chi connectivity index (χ2n) is 8.97. The van der Waals surface area contributed by atoms with E-state index in [4.69, 9.17) is 14.2 Å². The van der Waals surface area contributed by atoms with Crippen LogP contribution in [-0.2, 0) is 9.53 Å². The molecule has 0 bridgehead atoms. The number of carbonyl (C=O) groups excluding carboxylic acids is 1. The number of phenolic OH excluding ortho intramolecular Hbond substituents is 1. The quantitative estimate of drug-likeness (QED) is 0.383. The largest absolute Gasteiger partial charge is 0.504 e. The van der Waals surface area contributed by atoms with Crippen molar-refractivity contribution < 1.29 is 24.1 Å². The van der Waals surface area contributed by atoms with Gasteiger partial charge in [0.2, 0.25) is 0 Å². The molecule has 0 aromatic heterocycles. The van der Waals surface area contributed by atoms with Crippen LogP contribution in [0.2, 0.25) is 0 Å². The maximum Gasteiger partial charge on any atom is 0.172 e. The highest BCUT2D eigenvalue weighted by Gasteiger charge is 2.33. The minimum Gasteiger partial charge on any atom is -0.504 e. The molecule has 0 atom stereocenters. The van der Waals surface area contributed by atoms with E-state index < -0.39 is 0 Å². The van der Waals surface area contributed by atoms with Gasteiger partial charge in [0.1, 0.15) is 23.6 Å². The lowest BCUT2D eigenvalue weighted by molar-refractivity contribution is -0.107. The zero-order valence-corrected chi connectivity index (χ0v) is 20.1. The van der Waals surface area contributed by atoms with Crippen LogP contribution in [0.5, 0.6) is 17.2 Å². The fourth-order valence-corrected chi connectivity index (χ4v) is 4.59. The third-order valence-electron chi connectivity index (χ3n) is 5.76. The Bertz CT molecular complexity index is 1280. The summed E-state index contributed by atoms with van der Waals surface area (Å²) in [4.78, 5) is 10.7. The summed E-state index contributed by atoms with van der Waals surface area (Å²) >= 11 is 0. The molecule has 2 aliphatic heterocycles. The molecule has 6 heteroatoms. The van der Waals surface area contributed by atoms with E-state index in [1.165, 1.54) is 7.11 Å². The molecule has 176 valence electrons. The lowest BCUT2D eigenvalue weighted by Gasteiger charge is -2.35. The van der Waals surface area contributed by atoms with Crippen LogP contribution >= 0.6 is 0 Å². The molecule has 0 saturated heterocycles. The Morgan fingerprint density at radius 3 is 2.68 bits per heavy atom. The smallest absolute Gasteiger partial charge is 0.172 e. The van der Waals surface area contributed by atoms with Gasteiger partial charge in [-0.15, -0.1) is 0 Å². The van der Waals surface area contributed by atoms with Crippen molar-refractivity contribution in [1.82, 2.24) is 0 Å². The van der Waals surface area contributed by atoms with Crippen molar-refractivity contribution in [3.05, 3.63) is 71.7 Å². The number of phenols is 1. The van der Waals surface area contributed by atoms with Gasteiger partial charge >= 0.3 is 0 Å². The molecular formula is C28H29NO5. The van der Waals surface area contributed by atoms with Crippen LogP contribution in [0.3, 0.4) is 0 Å². The van der Waals surface area contributed by atoms with Crippen LogP contribution in [0.4, 0.5) is 5.69 Å². The molecule has 0 aliphatic carbocycles. The van der Waals surface area contributed by atoms with E-state index in [-0.39, 0.29) is 17.7 Å². The number of aldehydes is 1. The molecule has 0 unspecified atom stereocenters. The number of hydrogen-bond acceptors (Lipinski definition) is 6. The van der Waals surface area contributed by atoms with E-state index in [2.05, 4.69) is 38.7 Å². The summed E-state index contributed by atoms with van der Waals surface area (Å²) in [5, 5.41) is 14.0. The molecule has 0 saturated carbocycles. The minimum absolute atomic E-state index is 0.0381. The highest BCUT2D eigenvalue weighted by molar-refractivity contribution is 5.99. The highest BCUT2D eigenvalue weighted by Crippen LogP contribution is 2.53. The molecule has 2 N–H and O–H groups in total. The van der Waals surface area contributed by atoms with Crippen LogP contribution in [0.15, 0.2) is 60.6 Å². The average molecular weight is 460 g/mol. The highest BCUT2D eigenvalue weighted by atomic mass is 16.5. The zero-order valence-electron chi connectivity index (χ0n) is 20.1. The van der Waals surface area contributed by atoms with Gasteiger partial charge in [0.25, 0.3) is 0 Å². The maximum atomic E-state index is 10.7. The number of benzene rings is 2. The summed E-state index contributed by atoms with van der Waals surface area (Å²) in [5.41, 5.74) is 5.28.